The van der Waals surface area contributed by atoms with E-state index in [0.717, 1.165) is 36.8 Å². The molecule has 3 aromatic carbocycles. The Kier molecular flexibility index (Phi) is 9.30. The van der Waals surface area contributed by atoms with Crippen molar-refractivity contribution in [1.82, 2.24) is 10.2 Å². The van der Waals surface area contributed by atoms with E-state index in [1.807, 2.05) is 49.4 Å². The molecule has 0 unspecified atom stereocenters. The van der Waals surface area contributed by atoms with Crippen LogP contribution >= 0.6 is 0 Å². The highest BCUT2D eigenvalue weighted by molar-refractivity contribution is 5.88. The molecule has 1 atom stereocenters. The summed E-state index contributed by atoms with van der Waals surface area (Å²) in [4.78, 5) is 28.8. The summed E-state index contributed by atoms with van der Waals surface area (Å²) in [6.45, 7) is 1.70. The second-order valence-corrected chi connectivity index (χ2v) is 9.76. The van der Waals surface area contributed by atoms with Crippen LogP contribution in [0.5, 0.6) is 5.75 Å². The highest BCUT2D eigenvalue weighted by Crippen LogP contribution is 2.21. The van der Waals surface area contributed by atoms with Crippen LogP contribution in [0, 0.1) is 12.7 Å². The first kappa shape index (κ1) is 26.4. The van der Waals surface area contributed by atoms with Gasteiger partial charge in [0.15, 0.2) is 6.61 Å². The molecular weight excluding hydrogens is 467 g/mol. The standard InChI is InChI=1S/C31H35FN2O3/c1-23-16-18-27(19-17-23)37-22-30(35)34(21-25-12-8-9-15-28(25)32)29(20-24-10-4-2-5-11-24)31(36)33-26-13-6-3-7-14-26/h2,4-5,8-12,15-19,26,29H,3,6-7,13-14,20-22H2,1H3,(H,33,36)/t29-/m1/s1. The van der Waals surface area contributed by atoms with Gasteiger partial charge in [0.25, 0.3) is 5.91 Å². The molecule has 0 saturated heterocycles. The van der Waals surface area contributed by atoms with Gasteiger partial charge in [-0.05, 0) is 43.5 Å². The van der Waals surface area contributed by atoms with Gasteiger partial charge >= 0.3 is 0 Å². The normalized spacial score (nSPS) is 14.5. The second kappa shape index (κ2) is 13.0. The summed E-state index contributed by atoms with van der Waals surface area (Å²) in [5, 5.41) is 3.19. The molecule has 194 valence electrons. The Morgan fingerprint density at radius 3 is 2.32 bits per heavy atom. The van der Waals surface area contributed by atoms with Gasteiger partial charge in [0.2, 0.25) is 5.91 Å². The minimum atomic E-state index is -0.807. The Bertz CT molecular complexity index is 1160. The van der Waals surface area contributed by atoms with Crippen LogP contribution in [0.1, 0.15) is 48.8 Å². The fraction of sp³-hybridized carbons (Fsp3) is 0.355. The fourth-order valence-corrected chi connectivity index (χ4v) is 4.77. The predicted molar refractivity (Wildman–Crippen MR) is 143 cm³/mol. The zero-order chi connectivity index (χ0) is 26.0. The molecule has 5 nitrogen and oxygen atoms in total. The number of carbonyl (C=O) groups is 2. The van der Waals surface area contributed by atoms with Gasteiger partial charge in [-0.25, -0.2) is 4.39 Å². The Morgan fingerprint density at radius 2 is 1.62 bits per heavy atom. The number of benzene rings is 3. The number of hydrogen-bond acceptors (Lipinski definition) is 3. The van der Waals surface area contributed by atoms with Crippen LogP contribution in [0.3, 0.4) is 0 Å². The molecule has 1 N–H and O–H groups in total. The van der Waals surface area contributed by atoms with E-state index in [2.05, 4.69) is 5.32 Å². The van der Waals surface area contributed by atoms with Crippen LogP contribution in [0.15, 0.2) is 78.9 Å². The first-order valence-corrected chi connectivity index (χ1v) is 13.1. The second-order valence-electron chi connectivity index (χ2n) is 9.76. The van der Waals surface area contributed by atoms with Crippen molar-refractivity contribution in [2.45, 2.75) is 64.1 Å². The van der Waals surface area contributed by atoms with E-state index in [1.165, 1.54) is 17.4 Å². The van der Waals surface area contributed by atoms with Crippen LogP contribution in [0.2, 0.25) is 0 Å². The Labute approximate surface area is 218 Å². The highest BCUT2D eigenvalue weighted by atomic mass is 19.1. The SMILES string of the molecule is Cc1ccc(OCC(=O)N(Cc2ccccc2F)[C@H](Cc2ccccc2)C(=O)NC2CCCCC2)cc1. The Morgan fingerprint density at radius 1 is 0.946 bits per heavy atom. The molecule has 0 aromatic heterocycles. The van der Waals surface area contributed by atoms with E-state index >= 15 is 0 Å². The van der Waals surface area contributed by atoms with Gasteiger partial charge in [0.1, 0.15) is 17.6 Å². The van der Waals surface area contributed by atoms with Crippen molar-refractivity contribution in [2.24, 2.45) is 0 Å². The Hall–Kier alpha value is -3.67. The molecule has 6 heteroatoms. The number of carbonyl (C=O) groups excluding carboxylic acids is 2. The predicted octanol–water partition coefficient (Wildman–Crippen LogP) is 5.60. The topological polar surface area (TPSA) is 58.6 Å². The van der Waals surface area contributed by atoms with Gasteiger partial charge in [0, 0.05) is 24.6 Å². The molecule has 1 fully saturated rings. The zero-order valence-corrected chi connectivity index (χ0v) is 21.4. The zero-order valence-electron chi connectivity index (χ0n) is 21.4. The molecule has 0 radical (unpaired) electrons. The largest absolute Gasteiger partial charge is 0.484 e. The van der Waals surface area contributed by atoms with Crippen molar-refractivity contribution >= 4 is 11.8 Å². The molecule has 3 aromatic rings. The third-order valence-electron chi connectivity index (χ3n) is 6.90. The quantitative estimate of drug-likeness (QED) is 0.393. The lowest BCUT2D eigenvalue weighted by Gasteiger charge is -2.33. The van der Waals surface area contributed by atoms with Crippen LogP contribution in [-0.2, 0) is 22.6 Å². The van der Waals surface area contributed by atoms with Gasteiger partial charge in [-0.2, -0.15) is 0 Å². The van der Waals surface area contributed by atoms with Crippen LogP contribution < -0.4 is 10.1 Å². The van der Waals surface area contributed by atoms with Gasteiger partial charge < -0.3 is 15.0 Å². The maximum absolute atomic E-state index is 14.7. The molecule has 1 saturated carbocycles. The molecule has 4 rings (SSSR count). The average Bonchev–Trinajstić information content (AvgIpc) is 2.92. The molecule has 1 aliphatic rings. The fourth-order valence-electron chi connectivity index (χ4n) is 4.77. The summed E-state index contributed by atoms with van der Waals surface area (Å²) in [5.74, 6) is -0.429. The van der Waals surface area contributed by atoms with Gasteiger partial charge in [-0.3, -0.25) is 9.59 Å². The summed E-state index contributed by atoms with van der Waals surface area (Å²) in [5.41, 5.74) is 2.37. The first-order chi connectivity index (χ1) is 18.0. The molecule has 0 aliphatic heterocycles. The van der Waals surface area contributed by atoms with Crippen molar-refractivity contribution in [2.75, 3.05) is 6.61 Å². The van der Waals surface area contributed by atoms with Gasteiger partial charge in [-0.1, -0.05) is 85.5 Å². The average molecular weight is 503 g/mol. The summed E-state index contributed by atoms with van der Waals surface area (Å²) >= 11 is 0. The third-order valence-corrected chi connectivity index (χ3v) is 6.90. The number of hydrogen-bond donors (Lipinski definition) is 1. The summed E-state index contributed by atoms with van der Waals surface area (Å²) in [7, 11) is 0. The van der Waals surface area contributed by atoms with Crippen molar-refractivity contribution in [3.63, 3.8) is 0 Å². The van der Waals surface area contributed by atoms with Crippen molar-refractivity contribution < 1.29 is 18.7 Å². The van der Waals surface area contributed by atoms with Crippen LogP contribution in [0.4, 0.5) is 4.39 Å². The van der Waals surface area contributed by atoms with Crippen molar-refractivity contribution in [1.29, 1.82) is 0 Å². The number of aryl methyl sites for hydroxylation is 1. The van der Waals surface area contributed by atoms with E-state index in [-0.39, 0.29) is 31.0 Å². The number of ether oxygens (including phenoxy) is 1. The lowest BCUT2D eigenvalue weighted by molar-refractivity contribution is -0.143. The van der Waals surface area contributed by atoms with Gasteiger partial charge in [0.05, 0.1) is 0 Å². The van der Waals surface area contributed by atoms with Crippen molar-refractivity contribution in [3.05, 3.63) is 101 Å². The Balaban J connectivity index is 1.61. The lowest BCUT2D eigenvalue weighted by atomic mass is 9.94. The molecular formula is C31H35FN2O3. The summed E-state index contributed by atoms with van der Waals surface area (Å²) in [6.07, 6.45) is 5.52. The number of rotatable bonds is 10. The number of halogens is 1. The van der Waals surface area contributed by atoms with E-state index in [4.69, 9.17) is 4.74 Å². The minimum Gasteiger partial charge on any atom is -0.484 e. The monoisotopic (exact) mass is 502 g/mol. The molecule has 0 spiro atoms. The molecule has 0 bridgehead atoms. The van der Waals surface area contributed by atoms with E-state index in [1.54, 1.807) is 30.3 Å². The minimum absolute atomic E-state index is 0.0294. The smallest absolute Gasteiger partial charge is 0.261 e. The molecule has 37 heavy (non-hydrogen) atoms. The van der Waals surface area contributed by atoms with Crippen LogP contribution in [0.25, 0.3) is 0 Å². The van der Waals surface area contributed by atoms with E-state index < -0.39 is 11.9 Å². The maximum Gasteiger partial charge on any atom is 0.261 e. The number of nitrogens with zero attached hydrogens (tertiary/aromatic N) is 1. The van der Waals surface area contributed by atoms with E-state index in [9.17, 15) is 14.0 Å². The highest BCUT2D eigenvalue weighted by Gasteiger charge is 2.32. The summed E-state index contributed by atoms with van der Waals surface area (Å²) in [6, 6.07) is 22.7. The van der Waals surface area contributed by atoms with Crippen LogP contribution in [-0.4, -0.2) is 35.4 Å². The molecule has 0 heterocycles. The molecule has 2 amide bonds. The van der Waals surface area contributed by atoms with E-state index in [0.29, 0.717) is 17.7 Å². The number of amides is 2. The van der Waals surface area contributed by atoms with Gasteiger partial charge in [-0.15, -0.1) is 0 Å². The first-order valence-electron chi connectivity index (χ1n) is 13.1. The number of nitrogens with one attached hydrogen (secondary N) is 1. The third kappa shape index (κ3) is 7.66. The lowest BCUT2D eigenvalue weighted by Crippen LogP contribution is -2.53. The van der Waals surface area contributed by atoms with Crippen molar-refractivity contribution in [3.8, 4) is 5.75 Å². The summed E-state index contributed by atoms with van der Waals surface area (Å²) < 4.78 is 20.5. The maximum atomic E-state index is 14.7. The molecule has 1 aliphatic carbocycles.